The van der Waals surface area contributed by atoms with Crippen LogP contribution in [-0.4, -0.2) is 70.0 Å². The van der Waals surface area contributed by atoms with E-state index in [-0.39, 0.29) is 5.69 Å². The SMILES string of the molecule is Nc1ccc(S(=O)(=O)O)c(N=Nc2c(S(=O)(=O)O)cc3cc(S(=O)(=O)O)c(N=Nc4ccc5c(S(=O)(=O)O)cccc5c4S(=O)(=O)O)c(N)c3c2O)c1. The van der Waals surface area contributed by atoms with E-state index in [2.05, 4.69) is 20.5 Å². The van der Waals surface area contributed by atoms with Crippen LogP contribution in [-0.2, 0) is 50.6 Å². The molecule has 0 radical (unpaired) electrons. The summed E-state index contributed by atoms with van der Waals surface area (Å²) in [6.45, 7) is 0. The molecule has 0 aliphatic carbocycles. The summed E-state index contributed by atoms with van der Waals surface area (Å²) in [5.41, 5.74) is 7.05. The third kappa shape index (κ3) is 7.64. The first-order valence-electron chi connectivity index (χ1n) is 13.5. The van der Waals surface area contributed by atoms with Crippen molar-refractivity contribution in [2.45, 2.75) is 24.5 Å². The lowest BCUT2D eigenvalue weighted by Gasteiger charge is -2.14. The molecule has 5 aromatic rings. The molecule has 53 heavy (non-hydrogen) atoms. The summed E-state index contributed by atoms with van der Waals surface area (Å²) in [5, 5.41) is 23.2. The number of azo groups is 2. The number of rotatable bonds is 9. The van der Waals surface area contributed by atoms with Crippen LogP contribution in [0.15, 0.2) is 106 Å². The smallest absolute Gasteiger partial charge is 0.297 e. The van der Waals surface area contributed by atoms with E-state index in [0.717, 1.165) is 48.5 Å². The molecule has 5 aromatic carbocycles. The molecule has 0 aliphatic heterocycles. The Labute approximate surface area is 297 Å². The fraction of sp³-hybridized carbons (Fsp3) is 0. The molecule has 0 aliphatic rings. The Morgan fingerprint density at radius 3 is 1.57 bits per heavy atom. The third-order valence-corrected chi connectivity index (χ3v) is 11.6. The molecule has 0 atom stereocenters. The molecule has 10 N–H and O–H groups in total. The van der Waals surface area contributed by atoms with Gasteiger partial charge >= 0.3 is 0 Å². The van der Waals surface area contributed by atoms with Crippen molar-refractivity contribution < 1.29 is 70.0 Å². The van der Waals surface area contributed by atoms with Crippen molar-refractivity contribution in [2.24, 2.45) is 20.5 Å². The number of aromatic hydroxyl groups is 1. The number of benzene rings is 5. The minimum absolute atomic E-state index is 0.122. The summed E-state index contributed by atoms with van der Waals surface area (Å²) in [4.78, 5) is -5.24. The van der Waals surface area contributed by atoms with Gasteiger partial charge in [0.05, 0.1) is 11.1 Å². The maximum absolute atomic E-state index is 12.5. The Balaban J connectivity index is 1.84. The van der Waals surface area contributed by atoms with Crippen LogP contribution in [0.4, 0.5) is 34.1 Å². The Morgan fingerprint density at radius 2 is 1.02 bits per heavy atom. The summed E-state index contributed by atoms with van der Waals surface area (Å²) in [5.74, 6) is -1.28. The van der Waals surface area contributed by atoms with Crippen molar-refractivity contribution >= 4 is 106 Å². The minimum atomic E-state index is -5.41. The van der Waals surface area contributed by atoms with Gasteiger partial charge in [-0.1, -0.05) is 18.2 Å². The molecule has 22 nitrogen and oxygen atoms in total. The monoisotopic (exact) mass is 832 g/mol. The quantitative estimate of drug-likeness (QED) is 0.0592. The topological polar surface area (TPSA) is 394 Å². The van der Waals surface area contributed by atoms with E-state index in [1.165, 1.54) is 0 Å². The second-order valence-corrected chi connectivity index (χ2v) is 17.5. The van der Waals surface area contributed by atoms with Gasteiger partial charge < -0.3 is 16.6 Å². The molecular formula is C26H20N6O16S5. The number of nitrogen functional groups attached to an aromatic ring is 2. The molecule has 0 unspecified atom stereocenters. The average Bonchev–Trinajstić information content (AvgIpc) is 3.00. The van der Waals surface area contributed by atoms with Gasteiger partial charge in [-0.15, -0.1) is 20.5 Å². The number of phenols is 1. The van der Waals surface area contributed by atoms with E-state index in [1.54, 1.807) is 0 Å². The average molecular weight is 833 g/mol. The lowest BCUT2D eigenvalue weighted by Crippen LogP contribution is -2.04. The molecule has 5 rings (SSSR count). The van der Waals surface area contributed by atoms with E-state index in [1.807, 2.05) is 0 Å². The number of phenolic OH excluding ortho intramolecular Hbond substituents is 1. The minimum Gasteiger partial charge on any atom is -0.505 e. The zero-order chi connectivity index (χ0) is 39.6. The lowest BCUT2D eigenvalue weighted by atomic mass is 10.1. The van der Waals surface area contributed by atoms with Crippen molar-refractivity contribution in [3.05, 3.63) is 60.7 Å². The largest absolute Gasteiger partial charge is 0.505 e. The molecule has 0 bridgehead atoms. The first-order valence-corrected chi connectivity index (χ1v) is 20.7. The summed E-state index contributed by atoms with van der Waals surface area (Å²) in [7, 11) is -26.1. The highest BCUT2D eigenvalue weighted by molar-refractivity contribution is 7.87. The fourth-order valence-corrected chi connectivity index (χ4v) is 8.48. The highest BCUT2D eigenvalue weighted by atomic mass is 32.2. The van der Waals surface area contributed by atoms with Crippen LogP contribution in [0.5, 0.6) is 5.75 Å². The summed E-state index contributed by atoms with van der Waals surface area (Å²) < 4.78 is 171. The molecule has 0 spiro atoms. The number of hydrogen-bond donors (Lipinski definition) is 8. The van der Waals surface area contributed by atoms with E-state index >= 15 is 0 Å². The Kier molecular flexibility index (Phi) is 9.57. The number of hydrogen-bond acceptors (Lipinski definition) is 17. The standard InChI is InChI=1S/C26H20N6O16S5/c27-12-4-7-18(50(37,38)39)16(10-12)30-32-24-20(52(43,44)45)9-11-8-19(51(40,41)42)23(22(28)21(11)25(24)33)31-29-15-6-5-13-14(26(15)53(46,47)48)2-1-3-17(13)49(34,35)36/h1-10,33H,27-28H2,(H,34,35,36)(H,37,38,39)(H,40,41,42)(H,43,44,45)(H,46,47,48). The third-order valence-electron chi connectivity index (χ3n) is 7.13. The highest BCUT2D eigenvalue weighted by Gasteiger charge is 2.29. The van der Waals surface area contributed by atoms with Crippen LogP contribution < -0.4 is 11.5 Å². The van der Waals surface area contributed by atoms with Crippen molar-refractivity contribution in [3.8, 4) is 5.75 Å². The van der Waals surface area contributed by atoms with Crippen molar-refractivity contribution in [2.75, 3.05) is 11.5 Å². The van der Waals surface area contributed by atoms with Gasteiger partial charge in [-0.25, -0.2) is 0 Å². The number of nitrogens with zero attached hydrogens (tertiary/aromatic N) is 4. The zero-order valence-electron chi connectivity index (χ0n) is 25.5. The predicted molar refractivity (Wildman–Crippen MR) is 182 cm³/mol. The lowest BCUT2D eigenvalue weighted by molar-refractivity contribution is 0.472. The van der Waals surface area contributed by atoms with E-state index in [9.17, 15) is 70.0 Å². The molecule has 0 saturated heterocycles. The number of nitrogens with two attached hydrogens (primary N) is 2. The molecule has 0 saturated carbocycles. The highest BCUT2D eigenvalue weighted by Crippen LogP contribution is 2.49. The summed E-state index contributed by atoms with van der Waals surface area (Å²) >= 11 is 0. The molecule has 280 valence electrons. The van der Waals surface area contributed by atoms with E-state index < -0.39 is 131 Å². The summed E-state index contributed by atoms with van der Waals surface area (Å²) in [6, 6.07) is 8.43. The zero-order valence-corrected chi connectivity index (χ0v) is 29.6. The van der Waals surface area contributed by atoms with Crippen LogP contribution >= 0.6 is 0 Å². The second-order valence-electron chi connectivity index (χ2n) is 10.6. The van der Waals surface area contributed by atoms with Crippen LogP contribution in [0.25, 0.3) is 21.5 Å². The van der Waals surface area contributed by atoms with Gasteiger partial charge in [0.15, 0.2) is 5.75 Å². The van der Waals surface area contributed by atoms with Gasteiger partial charge in [0, 0.05) is 16.5 Å². The van der Waals surface area contributed by atoms with Crippen LogP contribution in [0.3, 0.4) is 0 Å². The molecule has 0 heterocycles. The van der Waals surface area contributed by atoms with Gasteiger partial charge in [-0.05, 0) is 47.9 Å². The maximum atomic E-state index is 12.5. The van der Waals surface area contributed by atoms with Gasteiger partial charge in [0.2, 0.25) is 0 Å². The second kappa shape index (κ2) is 13.0. The van der Waals surface area contributed by atoms with E-state index in [4.69, 9.17) is 11.5 Å². The molecule has 0 amide bonds. The Bertz CT molecular complexity index is 3060. The summed E-state index contributed by atoms with van der Waals surface area (Å²) in [6.07, 6.45) is 0. The van der Waals surface area contributed by atoms with Crippen molar-refractivity contribution in [3.63, 3.8) is 0 Å². The molecule has 0 fully saturated rings. The fourth-order valence-electron chi connectivity index (χ4n) is 5.01. The van der Waals surface area contributed by atoms with Crippen molar-refractivity contribution in [1.29, 1.82) is 0 Å². The molecular weight excluding hydrogens is 813 g/mol. The predicted octanol–water partition coefficient (Wildman–Crippen LogP) is 3.93. The van der Waals surface area contributed by atoms with Crippen molar-refractivity contribution in [1.82, 2.24) is 0 Å². The van der Waals surface area contributed by atoms with Gasteiger partial charge in [0.1, 0.15) is 47.2 Å². The normalized spacial score (nSPS) is 13.5. The number of anilines is 2. The van der Waals surface area contributed by atoms with Gasteiger partial charge in [-0.3, -0.25) is 22.8 Å². The maximum Gasteiger partial charge on any atom is 0.297 e. The van der Waals surface area contributed by atoms with Crippen LogP contribution in [0.1, 0.15) is 0 Å². The molecule has 0 aromatic heterocycles. The first-order chi connectivity index (χ1) is 24.2. The first kappa shape index (κ1) is 39.0. The van der Waals surface area contributed by atoms with Crippen LogP contribution in [0.2, 0.25) is 0 Å². The molecule has 27 heteroatoms. The van der Waals surface area contributed by atoms with Gasteiger partial charge in [-0.2, -0.15) is 42.1 Å². The number of fused-ring (bicyclic) bond motifs is 2. The van der Waals surface area contributed by atoms with Gasteiger partial charge in [0.25, 0.3) is 50.6 Å². The Morgan fingerprint density at radius 1 is 0.491 bits per heavy atom. The van der Waals surface area contributed by atoms with Crippen LogP contribution in [0, 0.1) is 0 Å². The van der Waals surface area contributed by atoms with E-state index in [0.29, 0.717) is 12.1 Å². The Hall–Kier alpha value is -5.23.